The second-order valence-corrected chi connectivity index (χ2v) is 7.37. The molecular formula is C19H19FN2O3S. The van der Waals surface area contributed by atoms with Crippen LogP contribution in [-0.2, 0) is 16.1 Å². The molecule has 4 rings (SSSR count). The van der Waals surface area contributed by atoms with Crippen molar-refractivity contribution in [3.63, 3.8) is 0 Å². The maximum atomic E-state index is 13.0. The molecule has 2 aliphatic heterocycles. The summed E-state index contributed by atoms with van der Waals surface area (Å²) in [5.41, 5.74) is 1.78. The Morgan fingerprint density at radius 1 is 1.19 bits per heavy atom. The number of fused-ring (bicyclic) bond motifs is 1. The molecule has 0 aromatic heterocycles. The van der Waals surface area contributed by atoms with Gasteiger partial charge in [-0.3, -0.25) is 4.99 Å². The molecule has 7 heteroatoms. The van der Waals surface area contributed by atoms with E-state index in [4.69, 9.17) is 9.47 Å². The molecule has 2 aromatic rings. The lowest BCUT2D eigenvalue weighted by atomic mass is 10.1. The molecule has 4 atom stereocenters. The van der Waals surface area contributed by atoms with Gasteiger partial charge in [0.1, 0.15) is 11.9 Å². The zero-order chi connectivity index (χ0) is 17.9. The fourth-order valence-corrected chi connectivity index (χ4v) is 4.15. The highest BCUT2D eigenvalue weighted by molar-refractivity contribution is 8.15. The quantitative estimate of drug-likeness (QED) is 0.861. The molecule has 26 heavy (non-hydrogen) atoms. The van der Waals surface area contributed by atoms with Crippen LogP contribution in [0.4, 0.5) is 10.1 Å². The van der Waals surface area contributed by atoms with Crippen LogP contribution in [0.5, 0.6) is 0 Å². The number of amidine groups is 1. The summed E-state index contributed by atoms with van der Waals surface area (Å²) < 4.78 is 24.4. The third kappa shape index (κ3) is 3.91. The summed E-state index contributed by atoms with van der Waals surface area (Å²) in [5.74, 6) is -0.285. The SMILES string of the molecule is O[C@@H]1[C@H](OCc2ccccc2)OC[C@H]2N=C(Nc3ccc(F)cc3)S[C@@H]12. The van der Waals surface area contributed by atoms with Gasteiger partial charge in [-0.15, -0.1) is 0 Å². The van der Waals surface area contributed by atoms with E-state index in [0.29, 0.717) is 18.4 Å². The van der Waals surface area contributed by atoms with Gasteiger partial charge in [0.25, 0.3) is 0 Å². The zero-order valence-corrected chi connectivity index (χ0v) is 14.7. The van der Waals surface area contributed by atoms with Crippen molar-refractivity contribution in [1.29, 1.82) is 0 Å². The predicted octanol–water partition coefficient (Wildman–Crippen LogP) is 3.01. The maximum Gasteiger partial charge on any atom is 0.185 e. The number of benzene rings is 2. The third-order valence-corrected chi connectivity index (χ3v) is 5.61. The summed E-state index contributed by atoms with van der Waals surface area (Å²) in [7, 11) is 0. The van der Waals surface area contributed by atoms with Crippen molar-refractivity contribution in [3.8, 4) is 0 Å². The average molecular weight is 374 g/mol. The van der Waals surface area contributed by atoms with Crippen LogP contribution in [-0.4, -0.2) is 40.6 Å². The Hall–Kier alpha value is -1.93. The van der Waals surface area contributed by atoms with Gasteiger partial charge >= 0.3 is 0 Å². The highest BCUT2D eigenvalue weighted by Gasteiger charge is 2.44. The molecule has 1 saturated heterocycles. The smallest absolute Gasteiger partial charge is 0.185 e. The Balaban J connectivity index is 1.34. The number of aliphatic hydroxyl groups excluding tert-OH is 1. The number of rotatable bonds is 4. The molecule has 0 radical (unpaired) electrons. The summed E-state index contributed by atoms with van der Waals surface area (Å²) in [6.45, 7) is 0.773. The lowest BCUT2D eigenvalue weighted by Gasteiger charge is -2.34. The van der Waals surface area contributed by atoms with Crippen LogP contribution in [0.1, 0.15) is 5.56 Å². The number of halogens is 1. The van der Waals surface area contributed by atoms with Crippen molar-refractivity contribution in [2.24, 2.45) is 4.99 Å². The molecule has 5 nitrogen and oxygen atoms in total. The molecule has 0 bridgehead atoms. The molecule has 0 saturated carbocycles. The minimum absolute atomic E-state index is 0.130. The number of nitrogens with zero attached hydrogens (tertiary/aromatic N) is 1. The normalized spacial score (nSPS) is 27.7. The van der Waals surface area contributed by atoms with Crippen molar-refractivity contribution in [3.05, 3.63) is 66.0 Å². The first-order chi connectivity index (χ1) is 12.7. The summed E-state index contributed by atoms with van der Waals surface area (Å²) >= 11 is 1.46. The van der Waals surface area contributed by atoms with E-state index in [1.165, 1.54) is 23.9 Å². The van der Waals surface area contributed by atoms with Crippen molar-refractivity contribution in [2.45, 2.75) is 30.3 Å². The summed E-state index contributed by atoms with van der Waals surface area (Å²) in [6.07, 6.45) is -1.46. The van der Waals surface area contributed by atoms with Gasteiger partial charge in [-0.05, 0) is 29.8 Å². The van der Waals surface area contributed by atoms with Crippen LogP contribution in [0.25, 0.3) is 0 Å². The summed E-state index contributed by atoms with van der Waals surface area (Å²) in [5, 5.41) is 14.3. The van der Waals surface area contributed by atoms with Crippen LogP contribution < -0.4 is 5.32 Å². The van der Waals surface area contributed by atoms with E-state index in [-0.39, 0.29) is 17.1 Å². The molecule has 2 aliphatic rings. The molecular weight excluding hydrogens is 355 g/mol. The number of thioether (sulfide) groups is 1. The average Bonchev–Trinajstić information content (AvgIpc) is 3.07. The van der Waals surface area contributed by atoms with Crippen LogP contribution in [0.2, 0.25) is 0 Å². The van der Waals surface area contributed by atoms with Gasteiger partial charge in [0.15, 0.2) is 11.5 Å². The minimum atomic E-state index is -0.779. The van der Waals surface area contributed by atoms with Gasteiger partial charge in [-0.1, -0.05) is 42.1 Å². The lowest BCUT2D eigenvalue weighted by Crippen LogP contribution is -2.50. The summed E-state index contributed by atoms with van der Waals surface area (Å²) in [4.78, 5) is 4.57. The zero-order valence-electron chi connectivity index (χ0n) is 13.9. The Morgan fingerprint density at radius 3 is 2.73 bits per heavy atom. The molecule has 2 N–H and O–H groups in total. The van der Waals surface area contributed by atoms with Crippen molar-refractivity contribution in [2.75, 3.05) is 11.9 Å². The van der Waals surface area contributed by atoms with E-state index in [9.17, 15) is 9.50 Å². The lowest BCUT2D eigenvalue weighted by molar-refractivity contribution is -0.220. The van der Waals surface area contributed by atoms with Gasteiger partial charge in [-0.25, -0.2) is 4.39 Å². The number of hydrogen-bond donors (Lipinski definition) is 2. The first kappa shape index (κ1) is 17.5. The molecule has 0 unspecified atom stereocenters. The Bertz CT molecular complexity index is 772. The van der Waals surface area contributed by atoms with E-state index in [1.54, 1.807) is 12.1 Å². The molecule has 0 spiro atoms. The Kier molecular flexibility index (Phi) is 5.21. The topological polar surface area (TPSA) is 63.1 Å². The Labute approximate surface area is 155 Å². The van der Waals surface area contributed by atoms with Gasteiger partial charge in [0, 0.05) is 5.69 Å². The van der Waals surface area contributed by atoms with Crippen LogP contribution in [0, 0.1) is 5.82 Å². The highest BCUT2D eigenvalue weighted by Crippen LogP contribution is 2.35. The van der Waals surface area contributed by atoms with Gasteiger partial charge in [-0.2, -0.15) is 0 Å². The molecule has 0 aliphatic carbocycles. The maximum absolute atomic E-state index is 13.0. The number of aliphatic imine (C=N–C) groups is 1. The number of anilines is 1. The van der Waals surface area contributed by atoms with E-state index in [1.807, 2.05) is 30.3 Å². The second kappa shape index (κ2) is 7.75. The van der Waals surface area contributed by atoms with Gasteiger partial charge < -0.3 is 19.9 Å². The number of nitrogens with one attached hydrogen (secondary N) is 1. The summed E-state index contributed by atoms with van der Waals surface area (Å²) in [6, 6.07) is 15.7. The van der Waals surface area contributed by atoms with E-state index >= 15 is 0 Å². The van der Waals surface area contributed by atoms with E-state index in [2.05, 4.69) is 10.3 Å². The van der Waals surface area contributed by atoms with E-state index in [0.717, 1.165) is 11.3 Å². The standard InChI is InChI=1S/C19H19FN2O3S/c20-13-6-8-14(9-7-13)21-19-22-15-11-25-18(16(23)17(15)26-19)24-10-12-4-2-1-3-5-12/h1-9,15-18,23H,10-11H2,(H,21,22)/t15-,16+,17-,18-/m1/s1. The van der Waals surface area contributed by atoms with Crippen molar-refractivity contribution < 1.29 is 19.0 Å². The monoisotopic (exact) mass is 374 g/mol. The molecule has 136 valence electrons. The van der Waals surface area contributed by atoms with Crippen molar-refractivity contribution >= 4 is 22.6 Å². The van der Waals surface area contributed by atoms with Gasteiger partial charge in [0.2, 0.25) is 0 Å². The second-order valence-electron chi connectivity index (χ2n) is 6.20. The third-order valence-electron chi connectivity index (χ3n) is 4.31. The fourth-order valence-electron chi connectivity index (χ4n) is 2.96. The fraction of sp³-hybridized carbons (Fsp3) is 0.316. The largest absolute Gasteiger partial charge is 0.387 e. The first-order valence-corrected chi connectivity index (χ1v) is 9.29. The predicted molar refractivity (Wildman–Crippen MR) is 99.6 cm³/mol. The van der Waals surface area contributed by atoms with E-state index < -0.39 is 12.4 Å². The minimum Gasteiger partial charge on any atom is -0.387 e. The van der Waals surface area contributed by atoms with Crippen molar-refractivity contribution in [1.82, 2.24) is 0 Å². The van der Waals surface area contributed by atoms with Crippen LogP contribution in [0.15, 0.2) is 59.6 Å². The molecule has 2 aromatic carbocycles. The number of hydrogen-bond acceptors (Lipinski definition) is 6. The molecule has 0 amide bonds. The number of aliphatic hydroxyl groups is 1. The van der Waals surface area contributed by atoms with Crippen LogP contribution >= 0.6 is 11.8 Å². The van der Waals surface area contributed by atoms with Gasteiger partial charge in [0.05, 0.1) is 24.5 Å². The molecule has 2 heterocycles. The highest BCUT2D eigenvalue weighted by atomic mass is 32.2. The number of ether oxygens (including phenoxy) is 2. The first-order valence-electron chi connectivity index (χ1n) is 8.41. The van der Waals surface area contributed by atoms with Crippen LogP contribution in [0.3, 0.4) is 0 Å². The molecule has 1 fully saturated rings. The Morgan fingerprint density at radius 2 is 1.96 bits per heavy atom.